The van der Waals surface area contributed by atoms with Crippen molar-refractivity contribution in [2.75, 3.05) is 13.1 Å². The zero-order valence-corrected chi connectivity index (χ0v) is 12.0. The highest BCUT2D eigenvalue weighted by atomic mass is 16.2. The standard InChI is InChI=1S/C16H16N4O2/c21-15-5-12-8-20(9-14(12)19-15)16(22)11-3-1-2-10(4-11)13-6-17-18-7-13/h1-4,6-7,12,14H,5,8-9H2,(H,17,18)(H,19,21)/t12-,14+/m0/s1. The number of nitrogens with zero attached hydrogens (tertiary/aromatic N) is 2. The fourth-order valence-electron chi connectivity index (χ4n) is 3.33. The summed E-state index contributed by atoms with van der Waals surface area (Å²) in [6.45, 7) is 1.25. The largest absolute Gasteiger partial charge is 0.351 e. The number of aromatic amines is 1. The summed E-state index contributed by atoms with van der Waals surface area (Å²) in [7, 11) is 0. The average molecular weight is 296 g/mol. The zero-order chi connectivity index (χ0) is 15.1. The minimum atomic E-state index is 0.0222. The van der Waals surface area contributed by atoms with Gasteiger partial charge >= 0.3 is 0 Å². The van der Waals surface area contributed by atoms with E-state index < -0.39 is 0 Å². The second kappa shape index (κ2) is 4.98. The van der Waals surface area contributed by atoms with Gasteiger partial charge in [-0.1, -0.05) is 12.1 Å². The van der Waals surface area contributed by atoms with E-state index in [-0.39, 0.29) is 23.8 Å². The topological polar surface area (TPSA) is 78.1 Å². The Labute approximate surface area is 127 Å². The van der Waals surface area contributed by atoms with E-state index in [1.165, 1.54) is 0 Å². The summed E-state index contributed by atoms with van der Waals surface area (Å²) in [5, 5.41) is 9.65. The number of carbonyl (C=O) groups is 2. The number of hydrogen-bond acceptors (Lipinski definition) is 3. The molecule has 6 heteroatoms. The van der Waals surface area contributed by atoms with E-state index in [0.29, 0.717) is 25.1 Å². The smallest absolute Gasteiger partial charge is 0.253 e. The van der Waals surface area contributed by atoms with Crippen LogP contribution < -0.4 is 5.32 Å². The molecule has 1 aromatic carbocycles. The number of rotatable bonds is 2. The summed E-state index contributed by atoms with van der Waals surface area (Å²) in [5.74, 6) is 0.381. The summed E-state index contributed by atoms with van der Waals surface area (Å²) in [6, 6.07) is 7.68. The lowest BCUT2D eigenvalue weighted by molar-refractivity contribution is -0.119. The summed E-state index contributed by atoms with van der Waals surface area (Å²) in [6.07, 6.45) is 4.07. The first-order valence-electron chi connectivity index (χ1n) is 7.38. The van der Waals surface area contributed by atoms with E-state index in [2.05, 4.69) is 15.5 Å². The van der Waals surface area contributed by atoms with Crippen molar-refractivity contribution in [1.29, 1.82) is 0 Å². The molecule has 0 unspecified atom stereocenters. The van der Waals surface area contributed by atoms with Crippen molar-refractivity contribution in [3.63, 3.8) is 0 Å². The molecule has 2 aromatic rings. The molecule has 0 radical (unpaired) electrons. The summed E-state index contributed by atoms with van der Waals surface area (Å²) >= 11 is 0. The van der Waals surface area contributed by atoms with Gasteiger partial charge < -0.3 is 10.2 Å². The van der Waals surface area contributed by atoms with Crippen molar-refractivity contribution in [2.45, 2.75) is 12.5 Å². The van der Waals surface area contributed by atoms with E-state index in [9.17, 15) is 9.59 Å². The number of amides is 2. The minimum Gasteiger partial charge on any atom is -0.351 e. The SMILES string of the molecule is O=C1C[C@H]2CN(C(=O)c3cccc(-c4cn[nH]c4)c3)C[C@H]2N1. The molecule has 2 atom stereocenters. The molecule has 112 valence electrons. The quantitative estimate of drug-likeness (QED) is 0.869. The van der Waals surface area contributed by atoms with Gasteiger partial charge in [-0.25, -0.2) is 0 Å². The molecule has 2 aliphatic rings. The third-order valence-corrected chi connectivity index (χ3v) is 4.46. The molecule has 0 saturated carbocycles. The van der Waals surface area contributed by atoms with Crippen LogP contribution in [-0.2, 0) is 4.79 Å². The van der Waals surface area contributed by atoms with E-state index in [0.717, 1.165) is 11.1 Å². The van der Waals surface area contributed by atoms with Gasteiger partial charge in [-0.2, -0.15) is 5.10 Å². The number of hydrogen-bond donors (Lipinski definition) is 2. The highest BCUT2D eigenvalue weighted by Crippen LogP contribution is 2.27. The van der Waals surface area contributed by atoms with E-state index in [1.807, 2.05) is 29.2 Å². The van der Waals surface area contributed by atoms with Crippen molar-refractivity contribution in [1.82, 2.24) is 20.4 Å². The zero-order valence-electron chi connectivity index (χ0n) is 12.0. The van der Waals surface area contributed by atoms with Gasteiger partial charge in [0.1, 0.15) is 0 Å². The Hall–Kier alpha value is -2.63. The Bertz CT molecular complexity index is 710. The average Bonchev–Trinajstić information content (AvgIpc) is 3.22. The Kier molecular flexibility index (Phi) is 2.96. The van der Waals surface area contributed by atoms with Crippen LogP contribution >= 0.6 is 0 Å². The lowest BCUT2D eigenvalue weighted by Crippen LogP contribution is -2.35. The predicted octanol–water partition coefficient (Wildman–Crippen LogP) is 1.04. The van der Waals surface area contributed by atoms with Crippen LogP contribution in [0.1, 0.15) is 16.8 Å². The van der Waals surface area contributed by atoms with Crippen LogP contribution in [0, 0.1) is 5.92 Å². The molecule has 3 heterocycles. The lowest BCUT2D eigenvalue weighted by atomic mass is 10.1. The minimum absolute atomic E-state index is 0.0222. The van der Waals surface area contributed by atoms with Gasteiger partial charge in [0.2, 0.25) is 5.91 Å². The van der Waals surface area contributed by atoms with E-state index in [4.69, 9.17) is 0 Å². The fourth-order valence-corrected chi connectivity index (χ4v) is 3.33. The van der Waals surface area contributed by atoms with Gasteiger partial charge in [0.25, 0.3) is 5.91 Å². The van der Waals surface area contributed by atoms with Crippen molar-refractivity contribution in [2.24, 2.45) is 5.92 Å². The van der Waals surface area contributed by atoms with Crippen LogP contribution in [0.3, 0.4) is 0 Å². The normalized spacial score (nSPS) is 23.5. The molecular weight excluding hydrogens is 280 g/mol. The molecule has 2 amide bonds. The molecule has 6 nitrogen and oxygen atoms in total. The van der Waals surface area contributed by atoms with Gasteiger partial charge in [0.05, 0.1) is 12.2 Å². The Morgan fingerprint density at radius 3 is 2.95 bits per heavy atom. The Balaban J connectivity index is 1.54. The van der Waals surface area contributed by atoms with Crippen LogP contribution in [0.4, 0.5) is 0 Å². The molecular formula is C16H16N4O2. The van der Waals surface area contributed by atoms with E-state index in [1.54, 1.807) is 12.4 Å². The second-order valence-electron chi connectivity index (χ2n) is 5.92. The third-order valence-electron chi connectivity index (χ3n) is 4.46. The second-order valence-corrected chi connectivity index (χ2v) is 5.92. The first-order chi connectivity index (χ1) is 10.7. The Morgan fingerprint density at radius 1 is 1.27 bits per heavy atom. The predicted molar refractivity (Wildman–Crippen MR) is 80.0 cm³/mol. The molecule has 2 fully saturated rings. The van der Waals surface area contributed by atoms with Crippen LogP contribution in [0.2, 0.25) is 0 Å². The number of aromatic nitrogens is 2. The van der Waals surface area contributed by atoms with Crippen molar-refractivity contribution >= 4 is 11.8 Å². The monoisotopic (exact) mass is 296 g/mol. The van der Waals surface area contributed by atoms with Crippen molar-refractivity contribution in [3.8, 4) is 11.1 Å². The maximum absolute atomic E-state index is 12.7. The number of benzene rings is 1. The van der Waals surface area contributed by atoms with Gasteiger partial charge in [0, 0.05) is 42.8 Å². The molecule has 1 aromatic heterocycles. The molecule has 0 bridgehead atoms. The maximum Gasteiger partial charge on any atom is 0.253 e. The molecule has 0 spiro atoms. The molecule has 2 aliphatic heterocycles. The fraction of sp³-hybridized carbons (Fsp3) is 0.312. The number of H-pyrrole nitrogens is 1. The van der Waals surface area contributed by atoms with Gasteiger partial charge in [-0.15, -0.1) is 0 Å². The van der Waals surface area contributed by atoms with E-state index >= 15 is 0 Å². The number of likely N-dealkylation sites (tertiary alicyclic amines) is 1. The third kappa shape index (κ3) is 2.16. The van der Waals surface area contributed by atoms with Gasteiger partial charge in [-0.05, 0) is 17.7 Å². The summed E-state index contributed by atoms with van der Waals surface area (Å²) < 4.78 is 0. The molecule has 0 aliphatic carbocycles. The van der Waals surface area contributed by atoms with Crippen molar-refractivity contribution < 1.29 is 9.59 Å². The van der Waals surface area contributed by atoms with Crippen LogP contribution in [0.25, 0.3) is 11.1 Å². The van der Waals surface area contributed by atoms with Crippen LogP contribution in [0.15, 0.2) is 36.7 Å². The van der Waals surface area contributed by atoms with Crippen molar-refractivity contribution in [3.05, 3.63) is 42.2 Å². The number of nitrogens with one attached hydrogen (secondary N) is 2. The summed E-state index contributed by atoms with van der Waals surface area (Å²) in [5.41, 5.74) is 2.59. The van der Waals surface area contributed by atoms with Gasteiger partial charge in [0.15, 0.2) is 0 Å². The molecule has 2 N–H and O–H groups in total. The maximum atomic E-state index is 12.7. The first kappa shape index (κ1) is 13.1. The first-order valence-corrected chi connectivity index (χ1v) is 7.38. The highest BCUT2D eigenvalue weighted by molar-refractivity contribution is 5.96. The molecule has 4 rings (SSSR count). The highest BCUT2D eigenvalue weighted by Gasteiger charge is 2.41. The number of fused-ring (bicyclic) bond motifs is 1. The Morgan fingerprint density at radius 2 is 2.18 bits per heavy atom. The summed E-state index contributed by atoms with van der Waals surface area (Å²) in [4.78, 5) is 25.9. The van der Waals surface area contributed by atoms with Gasteiger partial charge in [-0.3, -0.25) is 14.7 Å². The molecule has 2 saturated heterocycles. The lowest BCUT2D eigenvalue weighted by Gasteiger charge is -2.17. The molecule has 22 heavy (non-hydrogen) atoms. The van der Waals surface area contributed by atoms with Crippen LogP contribution in [0.5, 0.6) is 0 Å². The van der Waals surface area contributed by atoms with Crippen LogP contribution in [-0.4, -0.2) is 46.0 Å². The number of carbonyl (C=O) groups excluding carboxylic acids is 2.